The van der Waals surface area contributed by atoms with Gasteiger partial charge in [-0.05, 0) is 19.1 Å². The number of hydrogen-bond donors (Lipinski definition) is 0. The van der Waals surface area contributed by atoms with Crippen LogP contribution >= 0.6 is 15.9 Å². The minimum absolute atomic E-state index is 0.00188. The van der Waals surface area contributed by atoms with Crippen molar-refractivity contribution in [2.75, 3.05) is 6.61 Å². The van der Waals surface area contributed by atoms with Crippen LogP contribution in [-0.2, 0) is 15.5 Å². The van der Waals surface area contributed by atoms with Crippen molar-refractivity contribution < 1.29 is 22.7 Å². The van der Waals surface area contributed by atoms with E-state index in [4.69, 9.17) is 5.26 Å². The molecule has 0 aliphatic heterocycles. The van der Waals surface area contributed by atoms with Gasteiger partial charge in [0.1, 0.15) is 11.9 Å². The zero-order valence-corrected chi connectivity index (χ0v) is 10.7. The Morgan fingerprint density at radius 2 is 2.17 bits per heavy atom. The Hall–Kier alpha value is -1.55. The summed E-state index contributed by atoms with van der Waals surface area (Å²) in [6.07, 6.45) is 0. The van der Waals surface area contributed by atoms with Crippen LogP contribution in [0.3, 0.4) is 0 Å². The molecule has 1 aromatic rings. The van der Waals surface area contributed by atoms with Gasteiger partial charge in [-0.15, -0.1) is 0 Å². The first-order valence-electron chi connectivity index (χ1n) is 4.79. The molecule has 96 valence electrons. The van der Waals surface area contributed by atoms with Gasteiger partial charge in [0.05, 0.1) is 17.7 Å². The lowest BCUT2D eigenvalue weighted by atomic mass is 10.0. The van der Waals surface area contributed by atoms with E-state index in [1.54, 1.807) is 0 Å². The molecule has 0 fully saturated rings. The second-order valence-corrected chi connectivity index (χ2v) is 4.13. The first-order chi connectivity index (χ1) is 8.34. The zero-order valence-electron chi connectivity index (χ0n) is 9.14. The van der Waals surface area contributed by atoms with Gasteiger partial charge >= 0.3 is 11.9 Å². The van der Waals surface area contributed by atoms with Crippen LogP contribution in [0.2, 0.25) is 0 Å². The van der Waals surface area contributed by atoms with Crippen LogP contribution in [0.5, 0.6) is 0 Å². The molecule has 0 amide bonds. The molecule has 0 spiro atoms. The van der Waals surface area contributed by atoms with Crippen LogP contribution in [0.25, 0.3) is 0 Å². The van der Waals surface area contributed by atoms with Gasteiger partial charge in [0.15, 0.2) is 0 Å². The van der Waals surface area contributed by atoms with E-state index in [0.717, 1.165) is 12.1 Å². The van der Waals surface area contributed by atoms with Gasteiger partial charge in [0.2, 0.25) is 0 Å². The molecule has 0 saturated heterocycles. The lowest BCUT2D eigenvalue weighted by Crippen LogP contribution is -2.29. The van der Waals surface area contributed by atoms with Crippen LogP contribution in [0, 0.1) is 17.1 Å². The Balaban J connectivity index is 3.40. The molecule has 0 heterocycles. The largest absolute Gasteiger partial charge is 0.461 e. The molecule has 0 N–H and O–H groups in total. The summed E-state index contributed by atoms with van der Waals surface area (Å²) in [6, 6.07) is 2.99. The fourth-order valence-corrected chi connectivity index (χ4v) is 1.70. The lowest BCUT2D eigenvalue weighted by molar-refractivity contribution is -0.173. The van der Waals surface area contributed by atoms with Crippen molar-refractivity contribution in [2.45, 2.75) is 12.8 Å². The molecule has 1 rings (SSSR count). The number of nitrogens with zero attached hydrogens (tertiary/aromatic N) is 1. The Morgan fingerprint density at radius 1 is 1.56 bits per heavy atom. The van der Waals surface area contributed by atoms with Crippen molar-refractivity contribution in [3.8, 4) is 6.07 Å². The normalized spacial score (nSPS) is 10.9. The maximum absolute atomic E-state index is 13.7. The highest BCUT2D eigenvalue weighted by Gasteiger charge is 2.45. The minimum Gasteiger partial charge on any atom is -0.461 e. The number of alkyl halides is 2. The van der Waals surface area contributed by atoms with Gasteiger partial charge in [-0.3, -0.25) is 0 Å². The molecule has 7 heteroatoms. The smallest absolute Gasteiger partial charge is 0.382 e. The molecule has 1 aromatic carbocycles. The van der Waals surface area contributed by atoms with Gasteiger partial charge in [-0.1, -0.05) is 15.9 Å². The summed E-state index contributed by atoms with van der Waals surface area (Å²) >= 11 is 2.82. The Labute approximate surface area is 109 Å². The van der Waals surface area contributed by atoms with Crippen LogP contribution < -0.4 is 0 Å². The third-order valence-electron chi connectivity index (χ3n) is 2.04. The molecule has 0 atom stereocenters. The second-order valence-electron chi connectivity index (χ2n) is 3.22. The van der Waals surface area contributed by atoms with Gasteiger partial charge in [-0.25, -0.2) is 9.18 Å². The van der Waals surface area contributed by atoms with Crippen molar-refractivity contribution in [1.82, 2.24) is 0 Å². The van der Waals surface area contributed by atoms with E-state index in [1.807, 2.05) is 0 Å². The average Bonchev–Trinajstić information content (AvgIpc) is 2.28. The van der Waals surface area contributed by atoms with Crippen LogP contribution in [0.1, 0.15) is 18.1 Å². The van der Waals surface area contributed by atoms with Crippen molar-refractivity contribution in [3.63, 3.8) is 0 Å². The monoisotopic (exact) mass is 321 g/mol. The van der Waals surface area contributed by atoms with E-state index < -0.39 is 28.8 Å². The average molecular weight is 322 g/mol. The van der Waals surface area contributed by atoms with Crippen LogP contribution in [0.15, 0.2) is 16.6 Å². The highest BCUT2D eigenvalue weighted by molar-refractivity contribution is 9.10. The molecule has 0 aromatic heterocycles. The SMILES string of the molecule is CCOC(=O)C(F)(F)c1cc(Br)cc(F)c1C#N. The highest BCUT2D eigenvalue weighted by Crippen LogP contribution is 2.35. The summed E-state index contributed by atoms with van der Waals surface area (Å²) < 4.78 is 45.0. The standard InChI is InChI=1S/C11H7BrF3NO2/c1-2-18-10(17)11(14,15)8-3-6(12)4-9(13)7(8)5-16/h3-4H,2H2,1H3. The number of carbonyl (C=O) groups is 1. The van der Waals surface area contributed by atoms with Gasteiger partial charge < -0.3 is 4.74 Å². The number of halogens is 4. The highest BCUT2D eigenvalue weighted by atomic mass is 79.9. The fourth-order valence-electron chi connectivity index (χ4n) is 1.27. The van der Waals surface area contributed by atoms with Crippen LogP contribution in [-0.4, -0.2) is 12.6 Å². The van der Waals surface area contributed by atoms with Crippen molar-refractivity contribution in [3.05, 3.63) is 33.5 Å². The molecule has 0 aliphatic carbocycles. The Bertz CT molecular complexity index is 526. The lowest BCUT2D eigenvalue weighted by Gasteiger charge is -2.16. The number of rotatable bonds is 3. The first-order valence-corrected chi connectivity index (χ1v) is 5.58. The number of ether oxygens (including phenoxy) is 1. The maximum Gasteiger partial charge on any atom is 0.382 e. The number of carbonyl (C=O) groups excluding carboxylic acids is 1. The quantitative estimate of drug-likeness (QED) is 0.804. The second kappa shape index (κ2) is 5.40. The Kier molecular flexibility index (Phi) is 4.35. The van der Waals surface area contributed by atoms with Crippen molar-refractivity contribution in [1.29, 1.82) is 5.26 Å². The third kappa shape index (κ3) is 2.64. The zero-order chi connectivity index (χ0) is 13.9. The van der Waals surface area contributed by atoms with Gasteiger partial charge in [0, 0.05) is 4.47 Å². The molecule has 18 heavy (non-hydrogen) atoms. The van der Waals surface area contributed by atoms with E-state index >= 15 is 0 Å². The number of hydrogen-bond acceptors (Lipinski definition) is 3. The van der Waals surface area contributed by atoms with Crippen molar-refractivity contribution in [2.24, 2.45) is 0 Å². The number of benzene rings is 1. The van der Waals surface area contributed by atoms with Gasteiger partial charge in [-0.2, -0.15) is 14.0 Å². The van der Waals surface area contributed by atoms with E-state index in [2.05, 4.69) is 20.7 Å². The summed E-state index contributed by atoms with van der Waals surface area (Å²) in [7, 11) is 0. The predicted octanol–water partition coefficient (Wildman–Crippen LogP) is 3.11. The summed E-state index contributed by atoms with van der Waals surface area (Å²) in [5.74, 6) is -7.03. The maximum atomic E-state index is 13.7. The number of nitriles is 1. The first kappa shape index (κ1) is 14.5. The van der Waals surface area contributed by atoms with E-state index in [9.17, 15) is 18.0 Å². The summed E-state index contributed by atoms with van der Waals surface area (Å²) in [4.78, 5) is 11.1. The summed E-state index contributed by atoms with van der Waals surface area (Å²) in [5.41, 5.74) is -1.90. The molecular formula is C11H7BrF3NO2. The summed E-state index contributed by atoms with van der Waals surface area (Å²) in [5, 5.41) is 8.67. The molecular weight excluding hydrogens is 315 g/mol. The third-order valence-corrected chi connectivity index (χ3v) is 2.49. The predicted molar refractivity (Wildman–Crippen MR) is 59.3 cm³/mol. The Morgan fingerprint density at radius 3 is 2.67 bits per heavy atom. The van der Waals surface area contributed by atoms with Crippen molar-refractivity contribution >= 4 is 21.9 Å². The minimum atomic E-state index is -4.08. The molecule has 0 radical (unpaired) electrons. The molecule has 3 nitrogen and oxygen atoms in total. The molecule has 0 aliphatic rings. The summed E-state index contributed by atoms with van der Waals surface area (Å²) in [6.45, 7) is 1.12. The van der Waals surface area contributed by atoms with Gasteiger partial charge in [0.25, 0.3) is 0 Å². The van der Waals surface area contributed by atoms with Crippen LogP contribution in [0.4, 0.5) is 13.2 Å². The van der Waals surface area contributed by atoms with E-state index in [0.29, 0.717) is 0 Å². The topological polar surface area (TPSA) is 50.1 Å². The molecule has 0 saturated carbocycles. The van der Waals surface area contributed by atoms with E-state index in [-0.39, 0.29) is 11.1 Å². The fraction of sp³-hybridized carbons (Fsp3) is 0.273. The van der Waals surface area contributed by atoms with E-state index in [1.165, 1.54) is 13.0 Å². The number of esters is 1. The molecule has 0 unspecified atom stereocenters. The molecule has 0 bridgehead atoms.